The van der Waals surface area contributed by atoms with E-state index in [1.165, 1.54) is 12.1 Å². The fraction of sp³-hybridized carbons (Fsp3) is 0.357. The normalized spacial score (nSPS) is 12.7. The second-order valence-corrected chi connectivity index (χ2v) is 5.33. The van der Waals surface area contributed by atoms with E-state index in [2.05, 4.69) is 10.5 Å². The number of nitrogens with zero attached hydrogens (tertiary/aromatic N) is 2. The zero-order valence-corrected chi connectivity index (χ0v) is 12.5. The van der Waals surface area contributed by atoms with Crippen LogP contribution in [0, 0.1) is 19.7 Å². The third-order valence-electron chi connectivity index (χ3n) is 3.33. The zero-order chi connectivity index (χ0) is 14.9. The highest BCUT2D eigenvalue weighted by molar-refractivity contribution is 6.31. The number of nitrogens with two attached hydrogens (primary N) is 1. The molecule has 0 radical (unpaired) electrons. The lowest BCUT2D eigenvalue weighted by atomic mass is 10.0. The number of nitrogens with one attached hydrogen (secondary N) is 1. The Labute approximate surface area is 122 Å². The van der Waals surface area contributed by atoms with Crippen LogP contribution in [0.3, 0.4) is 0 Å². The second-order valence-electron chi connectivity index (χ2n) is 4.95. The molecule has 4 nitrogen and oxygen atoms in total. The maximum absolute atomic E-state index is 13.5. The van der Waals surface area contributed by atoms with Gasteiger partial charge >= 0.3 is 0 Å². The average Bonchev–Trinajstić information content (AvgIpc) is 2.60. The molecule has 2 aromatic rings. The van der Waals surface area contributed by atoms with E-state index in [9.17, 15) is 4.39 Å². The van der Waals surface area contributed by atoms with Crippen LogP contribution in [0.1, 0.15) is 28.6 Å². The summed E-state index contributed by atoms with van der Waals surface area (Å²) in [6.07, 6.45) is 0.537. The molecule has 108 valence electrons. The molecule has 0 bridgehead atoms. The Balaban J connectivity index is 2.33. The Morgan fingerprint density at radius 3 is 2.60 bits per heavy atom. The van der Waals surface area contributed by atoms with Crippen LogP contribution in [-0.4, -0.2) is 9.78 Å². The Bertz CT molecular complexity index is 604. The van der Waals surface area contributed by atoms with E-state index in [4.69, 9.17) is 17.4 Å². The number of hydrogen-bond donors (Lipinski definition) is 2. The lowest BCUT2D eigenvalue weighted by Crippen LogP contribution is -2.30. The molecule has 3 N–H and O–H groups in total. The lowest BCUT2D eigenvalue weighted by Gasteiger charge is -2.17. The minimum Gasteiger partial charge on any atom is -0.271 e. The van der Waals surface area contributed by atoms with Gasteiger partial charge in [-0.1, -0.05) is 17.7 Å². The number of hydrogen-bond acceptors (Lipinski definition) is 3. The molecule has 1 unspecified atom stereocenters. The molecule has 0 aliphatic heterocycles. The van der Waals surface area contributed by atoms with E-state index in [0.717, 1.165) is 22.5 Å². The van der Waals surface area contributed by atoms with Gasteiger partial charge in [-0.3, -0.25) is 16.0 Å². The molecule has 0 spiro atoms. The molecule has 2 rings (SSSR count). The van der Waals surface area contributed by atoms with Gasteiger partial charge in [0, 0.05) is 13.5 Å². The molecule has 1 aromatic carbocycles. The highest BCUT2D eigenvalue weighted by atomic mass is 35.5. The smallest absolute Gasteiger partial charge is 0.123 e. The highest BCUT2D eigenvalue weighted by Crippen LogP contribution is 2.26. The Morgan fingerprint density at radius 2 is 2.10 bits per heavy atom. The SMILES string of the molecule is Cc1cc(F)cc(C(Cc2c(Cl)c(C)nn2C)NN)c1. The molecule has 6 heteroatoms. The van der Waals surface area contributed by atoms with Crippen LogP contribution < -0.4 is 11.3 Å². The van der Waals surface area contributed by atoms with E-state index in [0.29, 0.717) is 11.4 Å². The van der Waals surface area contributed by atoms with Crippen molar-refractivity contribution in [3.8, 4) is 0 Å². The summed E-state index contributed by atoms with van der Waals surface area (Å²) < 4.78 is 15.2. The second kappa shape index (κ2) is 5.91. The first-order valence-corrected chi connectivity index (χ1v) is 6.71. The molecular weight excluding hydrogens is 279 g/mol. The quantitative estimate of drug-likeness (QED) is 0.673. The number of halogens is 2. The molecule has 1 atom stereocenters. The molecule has 0 aliphatic rings. The van der Waals surface area contributed by atoms with Gasteiger partial charge in [0.2, 0.25) is 0 Å². The summed E-state index contributed by atoms with van der Waals surface area (Å²) in [6, 6.07) is 4.65. The van der Waals surface area contributed by atoms with Crippen molar-refractivity contribution in [3.63, 3.8) is 0 Å². The summed E-state index contributed by atoms with van der Waals surface area (Å²) in [5.74, 6) is 5.34. The zero-order valence-electron chi connectivity index (χ0n) is 11.7. The van der Waals surface area contributed by atoms with E-state index < -0.39 is 0 Å². The first-order valence-electron chi connectivity index (χ1n) is 6.33. The van der Waals surface area contributed by atoms with E-state index in [1.807, 2.05) is 27.0 Å². The summed E-state index contributed by atoms with van der Waals surface area (Å²) in [5.41, 5.74) is 6.01. The van der Waals surface area contributed by atoms with E-state index in [-0.39, 0.29) is 11.9 Å². The molecule has 0 fully saturated rings. The number of rotatable bonds is 4. The van der Waals surface area contributed by atoms with Crippen LogP contribution in [0.15, 0.2) is 18.2 Å². The summed E-state index contributed by atoms with van der Waals surface area (Å²) >= 11 is 6.24. The van der Waals surface area contributed by atoms with E-state index >= 15 is 0 Å². The van der Waals surface area contributed by atoms with Crippen LogP contribution in [0.2, 0.25) is 5.02 Å². The predicted molar refractivity (Wildman–Crippen MR) is 77.9 cm³/mol. The fourth-order valence-electron chi connectivity index (χ4n) is 2.33. The number of aromatic nitrogens is 2. The Kier molecular flexibility index (Phi) is 4.42. The molecule has 20 heavy (non-hydrogen) atoms. The number of aryl methyl sites for hydroxylation is 3. The third kappa shape index (κ3) is 3.00. The Hall–Kier alpha value is -1.43. The van der Waals surface area contributed by atoms with Gasteiger partial charge in [-0.15, -0.1) is 0 Å². The standard InChI is InChI=1S/C14H18ClFN4/c1-8-4-10(6-11(16)5-8)12(18-17)7-13-14(15)9(2)19-20(13)3/h4-6,12,18H,7,17H2,1-3H3. The maximum Gasteiger partial charge on any atom is 0.123 e. The fourth-order valence-corrected chi connectivity index (χ4v) is 2.57. The van der Waals surface area contributed by atoms with Crippen molar-refractivity contribution < 1.29 is 4.39 Å². The van der Waals surface area contributed by atoms with E-state index in [1.54, 1.807) is 4.68 Å². The first-order chi connectivity index (χ1) is 9.42. The summed E-state index contributed by atoms with van der Waals surface area (Å²) in [5, 5.41) is 4.89. The van der Waals surface area contributed by atoms with Crippen LogP contribution in [0.4, 0.5) is 4.39 Å². The van der Waals surface area contributed by atoms with Gasteiger partial charge < -0.3 is 0 Å². The van der Waals surface area contributed by atoms with Gasteiger partial charge in [0.25, 0.3) is 0 Å². The minimum atomic E-state index is -0.271. The maximum atomic E-state index is 13.5. The highest BCUT2D eigenvalue weighted by Gasteiger charge is 2.18. The van der Waals surface area contributed by atoms with Gasteiger partial charge in [-0.25, -0.2) is 4.39 Å². The van der Waals surface area contributed by atoms with Crippen molar-refractivity contribution >= 4 is 11.6 Å². The monoisotopic (exact) mass is 296 g/mol. The van der Waals surface area contributed by atoms with Crippen molar-refractivity contribution in [3.05, 3.63) is 51.6 Å². The third-order valence-corrected chi connectivity index (χ3v) is 3.82. The molecule has 0 aliphatic carbocycles. The minimum absolute atomic E-state index is 0.225. The number of benzene rings is 1. The van der Waals surface area contributed by atoms with Crippen molar-refractivity contribution in [1.29, 1.82) is 0 Å². The number of hydrazine groups is 1. The predicted octanol–water partition coefficient (Wildman–Crippen LogP) is 2.58. The van der Waals surface area contributed by atoms with Crippen LogP contribution in [0.5, 0.6) is 0 Å². The van der Waals surface area contributed by atoms with Gasteiger partial charge in [0.1, 0.15) is 5.82 Å². The molecule has 0 amide bonds. The lowest BCUT2D eigenvalue weighted by molar-refractivity contribution is 0.524. The van der Waals surface area contributed by atoms with Crippen LogP contribution in [0.25, 0.3) is 0 Å². The average molecular weight is 297 g/mol. The molecular formula is C14H18ClFN4. The van der Waals surface area contributed by atoms with Crippen molar-refractivity contribution in [1.82, 2.24) is 15.2 Å². The van der Waals surface area contributed by atoms with Gasteiger partial charge in [-0.2, -0.15) is 5.10 Å². The van der Waals surface area contributed by atoms with Crippen molar-refractivity contribution in [2.45, 2.75) is 26.3 Å². The van der Waals surface area contributed by atoms with Crippen LogP contribution >= 0.6 is 11.6 Å². The summed E-state index contributed by atoms with van der Waals surface area (Å²) in [6.45, 7) is 3.70. The topological polar surface area (TPSA) is 55.9 Å². The largest absolute Gasteiger partial charge is 0.271 e. The van der Waals surface area contributed by atoms with Crippen molar-refractivity contribution in [2.24, 2.45) is 12.9 Å². The summed E-state index contributed by atoms with van der Waals surface area (Å²) in [4.78, 5) is 0. The van der Waals surface area contributed by atoms with Crippen molar-refractivity contribution in [2.75, 3.05) is 0 Å². The summed E-state index contributed by atoms with van der Waals surface area (Å²) in [7, 11) is 1.83. The molecule has 1 heterocycles. The molecule has 1 aromatic heterocycles. The van der Waals surface area contributed by atoms with Gasteiger partial charge in [-0.05, 0) is 37.1 Å². The molecule has 0 saturated heterocycles. The van der Waals surface area contributed by atoms with Gasteiger partial charge in [0.05, 0.1) is 22.5 Å². The first kappa shape index (κ1) is 15.0. The molecule has 0 saturated carbocycles. The Morgan fingerprint density at radius 1 is 1.40 bits per heavy atom. The van der Waals surface area contributed by atoms with Crippen LogP contribution in [-0.2, 0) is 13.5 Å². The van der Waals surface area contributed by atoms with Gasteiger partial charge in [0.15, 0.2) is 0 Å².